The number of thioether (sulfide) groups is 1. The second-order valence-electron chi connectivity index (χ2n) is 8.30. The van der Waals surface area contributed by atoms with Gasteiger partial charge in [0.15, 0.2) is 5.13 Å². The molecular weight excluding hydrogens is 414 g/mol. The number of aromatic nitrogens is 1. The van der Waals surface area contributed by atoms with Gasteiger partial charge in [-0.3, -0.25) is 9.59 Å². The molecule has 30 heavy (non-hydrogen) atoms. The number of rotatable bonds is 7. The molecule has 0 radical (unpaired) electrons. The van der Waals surface area contributed by atoms with Gasteiger partial charge in [-0.15, -0.1) is 11.8 Å². The number of thiazole rings is 1. The van der Waals surface area contributed by atoms with E-state index in [-0.39, 0.29) is 22.5 Å². The van der Waals surface area contributed by atoms with E-state index in [0.717, 1.165) is 20.8 Å². The van der Waals surface area contributed by atoms with Crippen LogP contribution in [0.4, 0.5) is 10.8 Å². The summed E-state index contributed by atoms with van der Waals surface area (Å²) in [5, 5.41) is 6.27. The van der Waals surface area contributed by atoms with Crippen molar-refractivity contribution in [3.05, 3.63) is 48.5 Å². The van der Waals surface area contributed by atoms with Gasteiger partial charge in [0.25, 0.3) is 0 Å². The van der Waals surface area contributed by atoms with Crippen LogP contribution in [0.15, 0.2) is 53.4 Å². The van der Waals surface area contributed by atoms with E-state index in [1.54, 1.807) is 0 Å². The number of carbonyl (C=O) groups is 2. The minimum absolute atomic E-state index is 0.00901. The van der Waals surface area contributed by atoms with Gasteiger partial charge in [-0.05, 0) is 42.2 Å². The van der Waals surface area contributed by atoms with Crippen LogP contribution in [0.5, 0.6) is 0 Å². The first-order valence-corrected chi connectivity index (χ1v) is 11.7. The largest absolute Gasteiger partial charge is 0.326 e. The highest BCUT2D eigenvalue weighted by Crippen LogP contribution is 2.30. The summed E-state index contributed by atoms with van der Waals surface area (Å²) in [5.74, 6) is -0.0750. The summed E-state index contributed by atoms with van der Waals surface area (Å²) in [4.78, 5) is 30.4. The van der Waals surface area contributed by atoms with Crippen molar-refractivity contribution in [2.24, 2.45) is 5.41 Å². The molecular formula is C23H27N3O2S2. The van der Waals surface area contributed by atoms with Crippen molar-refractivity contribution in [2.45, 2.75) is 50.7 Å². The van der Waals surface area contributed by atoms with E-state index in [2.05, 4.69) is 15.6 Å². The lowest BCUT2D eigenvalue weighted by atomic mass is 9.92. The predicted octanol–water partition coefficient (Wildman–Crippen LogP) is 6.18. The lowest BCUT2D eigenvalue weighted by Gasteiger charge is -2.18. The number of amides is 2. The Labute approximate surface area is 185 Å². The zero-order chi connectivity index (χ0) is 21.7. The van der Waals surface area contributed by atoms with Crippen molar-refractivity contribution < 1.29 is 9.59 Å². The smallest absolute Gasteiger partial charge is 0.239 e. The molecule has 0 spiro atoms. The molecule has 3 aromatic rings. The summed E-state index contributed by atoms with van der Waals surface area (Å²) in [6.07, 6.45) is 1.13. The Morgan fingerprint density at radius 1 is 1.10 bits per heavy atom. The van der Waals surface area contributed by atoms with Gasteiger partial charge in [0, 0.05) is 17.0 Å². The zero-order valence-corrected chi connectivity index (χ0v) is 19.3. The first-order chi connectivity index (χ1) is 14.2. The van der Waals surface area contributed by atoms with Gasteiger partial charge in [0.05, 0.1) is 15.5 Å². The highest BCUT2D eigenvalue weighted by molar-refractivity contribution is 8.00. The number of hydrogen-bond donors (Lipinski definition) is 2. The molecule has 2 N–H and O–H groups in total. The van der Waals surface area contributed by atoms with E-state index in [1.807, 2.05) is 76.2 Å². The van der Waals surface area contributed by atoms with E-state index in [0.29, 0.717) is 18.0 Å². The monoisotopic (exact) mass is 441 g/mol. The maximum absolute atomic E-state index is 12.8. The van der Waals surface area contributed by atoms with Crippen LogP contribution in [0.3, 0.4) is 0 Å². The van der Waals surface area contributed by atoms with Crippen molar-refractivity contribution in [3.63, 3.8) is 0 Å². The normalized spacial score (nSPS) is 12.5. The van der Waals surface area contributed by atoms with E-state index >= 15 is 0 Å². The fourth-order valence-corrected chi connectivity index (χ4v) is 4.81. The van der Waals surface area contributed by atoms with Crippen molar-refractivity contribution in [3.8, 4) is 0 Å². The predicted molar refractivity (Wildman–Crippen MR) is 127 cm³/mol. The highest BCUT2D eigenvalue weighted by atomic mass is 32.2. The molecule has 0 bridgehead atoms. The van der Waals surface area contributed by atoms with Crippen LogP contribution in [-0.2, 0) is 9.59 Å². The lowest BCUT2D eigenvalue weighted by molar-refractivity contribution is -0.118. The van der Waals surface area contributed by atoms with Gasteiger partial charge in [0.1, 0.15) is 0 Å². The second kappa shape index (κ2) is 9.62. The number of nitrogens with one attached hydrogen (secondary N) is 2. The molecule has 1 atom stereocenters. The Morgan fingerprint density at radius 2 is 1.87 bits per heavy atom. The van der Waals surface area contributed by atoms with E-state index < -0.39 is 0 Å². The highest BCUT2D eigenvalue weighted by Gasteiger charge is 2.20. The molecule has 0 fully saturated rings. The Hall–Kier alpha value is -2.38. The second-order valence-corrected chi connectivity index (χ2v) is 10.6. The fraction of sp³-hybridized carbons (Fsp3) is 0.348. The summed E-state index contributed by atoms with van der Waals surface area (Å²) in [6, 6.07) is 15.5. The van der Waals surface area contributed by atoms with Crippen LogP contribution < -0.4 is 10.6 Å². The molecule has 5 nitrogen and oxygen atoms in total. The maximum atomic E-state index is 12.8. The summed E-state index contributed by atoms with van der Waals surface area (Å²) in [5.41, 5.74) is 1.57. The molecule has 1 aromatic heterocycles. The Bertz CT molecular complexity index is 1010. The molecule has 3 rings (SSSR count). The summed E-state index contributed by atoms with van der Waals surface area (Å²) in [7, 11) is 0. The van der Waals surface area contributed by atoms with Gasteiger partial charge < -0.3 is 10.6 Å². The Kier molecular flexibility index (Phi) is 7.15. The summed E-state index contributed by atoms with van der Waals surface area (Å²) >= 11 is 2.96. The number of nitrogens with zero attached hydrogens (tertiary/aromatic N) is 1. The minimum atomic E-state index is -0.252. The molecule has 7 heteroatoms. The Balaban J connectivity index is 1.64. The van der Waals surface area contributed by atoms with Crippen LogP contribution >= 0.6 is 23.1 Å². The maximum Gasteiger partial charge on any atom is 0.239 e. The van der Waals surface area contributed by atoms with E-state index in [1.165, 1.54) is 23.1 Å². The molecule has 2 amide bonds. The van der Waals surface area contributed by atoms with Gasteiger partial charge in [-0.25, -0.2) is 4.98 Å². The molecule has 2 aromatic carbocycles. The Morgan fingerprint density at radius 3 is 2.57 bits per heavy atom. The van der Waals surface area contributed by atoms with Crippen LogP contribution in [0.1, 0.15) is 40.5 Å². The first kappa shape index (κ1) is 22.3. The number of fused-ring (bicyclic) bond motifs is 1. The average molecular weight is 442 g/mol. The molecule has 0 aliphatic heterocycles. The van der Waals surface area contributed by atoms with E-state index in [9.17, 15) is 9.59 Å². The van der Waals surface area contributed by atoms with Crippen molar-refractivity contribution >= 4 is 55.9 Å². The molecule has 0 saturated heterocycles. The molecule has 158 valence electrons. The fourth-order valence-electron chi connectivity index (χ4n) is 2.93. The van der Waals surface area contributed by atoms with Crippen molar-refractivity contribution in [1.82, 2.24) is 4.98 Å². The SMILES string of the molecule is CCC(Sc1cccc(NC(=O)CC(C)(C)C)c1)C(=O)Nc1nc2ccccc2s1. The summed E-state index contributed by atoms with van der Waals surface area (Å²) in [6.45, 7) is 8.10. The van der Waals surface area contributed by atoms with Crippen molar-refractivity contribution in [2.75, 3.05) is 10.6 Å². The number of para-hydroxylation sites is 1. The lowest BCUT2D eigenvalue weighted by Crippen LogP contribution is -2.24. The van der Waals surface area contributed by atoms with Gasteiger partial charge in [-0.2, -0.15) is 0 Å². The third-order valence-electron chi connectivity index (χ3n) is 4.27. The minimum Gasteiger partial charge on any atom is -0.326 e. The molecule has 0 aliphatic carbocycles. The molecule has 0 saturated carbocycles. The van der Waals surface area contributed by atoms with Crippen LogP contribution in [0, 0.1) is 5.41 Å². The number of anilines is 2. The van der Waals surface area contributed by atoms with Gasteiger partial charge >= 0.3 is 0 Å². The molecule has 1 heterocycles. The van der Waals surface area contributed by atoms with Gasteiger partial charge in [-0.1, -0.05) is 57.2 Å². The van der Waals surface area contributed by atoms with Gasteiger partial charge in [0.2, 0.25) is 11.8 Å². The third-order valence-corrected chi connectivity index (χ3v) is 6.58. The first-order valence-electron chi connectivity index (χ1n) is 9.96. The quantitative estimate of drug-likeness (QED) is 0.430. The van der Waals surface area contributed by atoms with Crippen LogP contribution in [0.2, 0.25) is 0 Å². The molecule has 0 aliphatic rings. The number of benzene rings is 2. The number of hydrogen-bond acceptors (Lipinski definition) is 5. The van der Waals surface area contributed by atoms with Crippen LogP contribution in [0.25, 0.3) is 10.2 Å². The zero-order valence-electron chi connectivity index (χ0n) is 17.7. The van der Waals surface area contributed by atoms with Crippen LogP contribution in [-0.4, -0.2) is 22.0 Å². The standard InChI is InChI=1S/C23H27N3O2S2/c1-5-18(21(28)26-22-25-17-11-6-7-12-19(17)30-22)29-16-10-8-9-15(13-16)24-20(27)14-23(2,3)4/h6-13,18H,5,14H2,1-4H3,(H,24,27)(H,25,26,28). The average Bonchev–Trinajstić information content (AvgIpc) is 3.07. The topological polar surface area (TPSA) is 71.1 Å². The van der Waals surface area contributed by atoms with Crippen molar-refractivity contribution in [1.29, 1.82) is 0 Å². The van der Waals surface area contributed by atoms with E-state index in [4.69, 9.17) is 0 Å². The summed E-state index contributed by atoms with van der Waals surface area (Å²) < 4.78 is 1.05. The third kappa shape index (κ3) is 6.31. The molecule has 1 unspecified atom stereocenters. The number of carbonyl (C=O) groups excluding carboxylic acids is 2.